The minimum Gasteiger partial charge on any atom is -0.389 e. The fourth-order valence-electron chi connectivity index (χ4n) is 5.76. The molecule has 7 nitrogen and oxygen atoms in total. The van der Waals surface area contributed by atoms with E-state index in [4.69, 9.17) is 15.7 Å². The van der Waals surface area contributed by atoms with Crippen molar-refractivity contribution in [2.75, 3.05) is 0 Å². The number of alkyl halides is 2. The van der Waals surface area contributed by atoms with Gasteiger partial charge in [0.1, 0.15) is 5.52 Å². The number of aromatic nitrogens is 5. The fourth-order valence-corrected chi connectivity index (χ4v) is 5.76. The van der Waals surface area contributed by atoms with Crippen molar-refractivity contribution in [1.82, 2.24) is 24.6 Å². The highest BCUT2D eigenvalue weighted by Crippen LogP contribution is 2.57. The number of hydrogen-bond donors (Lipinski definition) is 2. The zero-order valence-electron chi connectivity index (χ0n) is 19.9. The zero-order chi connectivity index (χ0) is 25.4. The zero-order valence-corrected chi connectivity index (χ0v) is 19.9. The van der Waals surface area contributed by atoms with Gasteiger partial charge in [-0.1, -0.05) is 54.6 Å². The van der Waals surface area contributed by atoms with Gasteiger partial charge in [0.2, 0.25) is 5.82 Å². The average Bonchev–Trinajstić information content (AvgIpc) is 3.66. The molecule has 2 aromatic carbocycles. The average molecular weight is 499 g/mol. The number of hydrogen-bond acceptors (Lipinski definition) is 6. The summed E-state index contributed by atoms with van der Waals surface area (Å²) in [5.74, 6) is -0.0848. The van der Waals surface area contributed by atoms with Crippen molar-refractivity contribution in [2.45, 2.75) is 43.2 Å². The van der Waals surface area contributed by atoms with Crippen LogP contribution in [0.25, 0.3) is 39.3 Å². The van der Waals surface area contributed by atoms with Gasteiger partial charge in [-0.2, -0.15) is 0 Å². The molecule has 0 radical (unpaired) electrons. The van der Waals surface area contributed by atoms with E-state index in [1.54, 1.807) is 12.1 Å². The van der Waals surface area contributed by atoms with Crippen molar-refractivity contribution in [3.05, 3.63) is 78.1 Å². The molecule has 7 rings (SSSR count). The lowest BCUT2D eigenvalue weighted by Crippen LogP contribution is -2.60. The van der Waals surface area contributed by atoms with E-state index in [1.807, 2.05) is 54.6 Å². The number of aliphatic hydroxyl groups is 1. The van der Waals surface area contributed by atoms with Crippen molar-refractivity contribution in [1.29, 1.82) is 0 Å². The molecule has 3 heterocycles. The van der Waals surface area contributed by atoms with Crippen molar-refractivity contribution in [3.63, 3.8) is 0 Å². The van der Waals surface area contributed by atoms with Crippen LogP contribution in [0.4, 0.5) is 8.78 Å². The molecule has 2 saturated carbocycles. The Hall–Kier alpha value is -3.82. The first-order valence-electron chi connectivity index (χ1n) is 12.4. The third-order valence-electron chi connectivity index (χ3n) is 7.77. The topological polar surface area (TPSA) is 102 Å². The highest BCUT2D eigenvalue weighted by Gasteiger charge is 2.58. The summed E-state index contributed by atoms with van der Waals surface area (Å²) < 4.78 is 28.7. The molecule has 2 aliphatic carbocycles. The summed E-state index contributed by atoms with van der Waals surface area (Å²) in [6, 6.07) is 20.7. The largest absolute Gasteiger partial charge is 0.389 e. The van der Waals surface area contributed by atoms with Crippen molar-refractivity contribution in [2.24, 2.45) is 11.7 Å². The Kier molecular flexibility index (Phi) is 4.74. The van der Waals surface area contributed by atoms with E-state index in [2.05, 4.69) is 10.2 Å². The van der Waals surface area contributed by atoms with Crippen LogP contribution in [0.2, 0.25) is 0 Å². The van der Waals surface area contributed by atoms with E-state index in [9.17, 15) is 13.9 Å². The summed E-state index contributed by atoms with van der Waals surface area (Å²) in [7, 11) is 0. The van der Waals surface area contributed by atoms with Gasteiger partial charge in [-0.15, -0.1) is 10.2 Å². The lowest BCUT2D eigenvalue weighted by atomic mass is 9.60. The number of nitrogens with zero attached hydrogens (tertiary/aromatic N) is 5. The summed E-state index contributed by atoms with van der Waals surface area (Å²) in [6.45, 7) is 0. The summed E-state index contributed by atoms with van der Waals surface area (Å²) in [5.41, 5.74) is 10.3. The Morgan fingerprint density at radius 3 is 2.22 bits per heavy atom. The van der Waals surface area contributed by atoms with Gasteiger partial charge in [0.05, 0.1) is 17.0 Å². The Morgan fingerprint density at radius 2 is 1.54 bits per heavy atom. The van der Waals surface area contributed by atoms with Gasteiger partial charge in [0.15, 0.2) is 11.3 Å². The summed E-state index contributed by atoms with van der Waals surface area (Å²) in [5, 5.41) is 18.3. The molecule has 5 aromatic rings. The van der Waals surface area contributed by atoms with Crippen LogP contribution in [0.3, 0.4) is 0 Å². The van der Waals surface area contributed by atoms with Crippen LogP contribution in [-0.4, -0.2) is 35.3 Å². The molecule has 0 unspecified atom stereocenters. The van der Waals surface area contributed by atoms with Crippen LogP contribution in [0.1, 0.15) is 43.5 Å². The van der Waals surface area contributed by atoms with Crippen molar-refractivity contribution in [3.8, 4) is 22.5 Å². The number of fused-ring (bicyclic) bond motifs is 3. The maximum absolute atomic E-state index is 13.7. The Balaban J connectivity index is 1.35. The highest BCUT2D eigenvalue weighted by molar-refractivity contribution is 5.86. The van der Waals surface area contributed by atoms with Crippen molar-refractivity contribution < 1.29 is 13.9 Å². The van der Waals surface area contributed by atoms with E-state index < -0.39 is 23.4 Å². The highest BCUT2D eigenvalue weighted by atomic mass is 19.3. The number of benzene rings is 2. The molecule has 0 aliphatic heterocycles. The Morgan fingerprint density at radius 1 is 0.865 bits per heavy atom. The van der Waals surface area contributed by atoms with Gasteiger partial charge in [-0.25, -0.2) is 18.7 Å². The van der Waals surface area contributed by atoms with E-state index in [0.717, 1.165) is 29.5 Å². The summed E-state index contributed by atoms with van der Waals surface area (Å²) >= 11 is 0. The standard InChI is InChI=1S/C28H24F2N6O/c29-24(30)26-35-34-21-13-12-20-25(36(21)26)33-23(16-4-2-1-3-5-16)22(32-20)17-6-8-18(9-7-17)27(31)14-28(37,15-27)19-10-11-19/h1-9,12-13,19,24,37H,10-11,14-15,31H2. The molecule has 0 saturated heterocycles. The lowest BCUT2D eigenvalue weighted by molar-refractivity contribution is -0.106. The second-order valence-corrected chi connectivity index (χ2v) is 10.3. The van der Waals surface area contributed by atoms with Gasteiger partial charge >= 0.3 is 0 Å². The molecule has 0 atom stereocenters. The molecule has 9 heteroatoms. The molecule has 0 spiro atoms. The molecular formula is C28H24F2N6O. The van der Waals surface area contributed by atoms with Gasteiger partial charge in [0, 0.05) is 16.7 Å². The SMILES string of the molecule is NC1(c2ccc(-c3nc4ccc5nnc(C(F)F)n5c4nc3-c3ccccc3)cc2)CC(O)(C2CC2)C1. The minimum atomic E-state index is -2.80. The van der Waals surface area contributed by atoms with Gasteiger partial charge in [0.25, 0.3) is 6.43 Å². The maximum atomic E-state index is 13.7. The van der Waals surface area contributed by atoms with E-state index in [-0.39, 0.29) is 11.3 Å². The first-order valence-corrected chi connectivity index (χ1v) is 12.4. The molecule has 2 fully saturated rings. The van der Waals surface area contributed by atoms with Crippen LogP contribution in [0.5, 0.6) is 0 Å². The van der Waals surface area contributed by atoms with Gasteiger partial charge in [-0.3, -0.25) is 4.40 Å². The molecule has 3 N–H and O–H groups in total. The van der Waals surface area contributed by atoms with Crippen LogP contribution in [0.15, 0.2) is 66.7 Å². The number of pyridine rings is 1. The minimum absolute atomic E-state index is 0.270. The molecule has 3 aromatic heterocycles. The molecule has 0 amide bonds. The Labute approximate surface area is 211 Å². The predicted octanol–water partition coefficient (Wildman–Crippen LogP) is 5.03. The van der Waals surface area contributed by atoms with Crippen molar-refractivity contribution >= 4 is 16.8 Å². The number of nitrogens with two attached hydrogens (primary N) is 1. The Bertz CT molecular complexity index is 1640. The van der Waals surface area contributed by atoms with Crippen LogP contribution < -0.4 is 5.73 Å². The van der Waals surface area contributed by atoms with Crippen LogP contribution in [-0.2, 0) is 5.54 Å². The normalized spacial score (nSPS) is 23.6. The second-order valence-electron chi connectivity index (χ2n) is 10.3. The number of halogens is 2. The number of rotatable bonds is 5. The van der Waals surface area contributed by atoms with Gasteiger partial charge < -0.3 is 10.8 Å². The van der Waals surface area contributed by atoms with Crippen LogP contribution >= 0.6 is 0 Å². The van der Waals surface area contributed by atoms with Crippen LogP contribution in [0, 0.1) is 5.92 Å². The first kappa shape index (κ1) is 22.4. The molecule has 186 valence electrons. The third-order valence-corrected chi connectivity index (χ3v) is 7.77. The monoisotopic (exact) mass is 498 g/mol. The summed E-state index contributed by atoms with van der Waals surface area (Å²) in [4.78, 5) is 9.72. The summed E-state index contributed by atoms with van der Waals surface area (Å²) in [6.07, 6.45) is 0.485. The maximum Gasteiger partial charge on any atom is 0.297 e. The quantitative estimate of drug-likeness (QED) is 0.352. The lowest BCUT2D eigenvalue weighted by Gasteiger charge is -2.52. The van der Waals surface area contributed by atoms with E-state index >= 15 is 0 Å². The van der Waals surface area contributed by atoms with Gasteiger partial charge in [-0.05, 0) is 49.3 Å². The molecule has 2 aliphatic rings. The smallest absolute Gasteiger partial charge is 0.297 e. The van der Waals surface area contributed by atoms with E-state index in [1.165, 1.54) is 4.40 Å². The fraction of sp³-hybridized carbons (Fsp3) is 0.286. The first-order chi connectivity index (χ1) is 17.8. The van der Waals surface area contributed by atoms with E-state index in [0.29, 0.717) is 35.7 Å². The molecule has 37 heavy (non-hydrogen) atoms. The second kappa shape index (κ2) is 7.84. The predicted molar refractivity (Wildman–Crippen MR) is 135 cm³/mol. The third kappa shape index (κ3) is 3.53. The molecule has 0 bridgehead atoms. The molecular weight excluding hydrogens is 474 g/mol.